The molecule has 2 aliphatic rings. The second-order valence-electron chi connectivity index (χ2n) is 6.63. The second kappa shape index (κ2) is 8.02. The predicted molar refractivity (Wildman–Crippen MR) is 115 cm³/mol. The smallest absolute Gasteiger partial charge is 0.354 e. The number of nitrogens with zero attached hydrogens (tertiary/aromatic N) is 1. The lowest BCUT2D eigenvalue weighted by molar-refractivity contribution is -0.156. The van der Waals surface area contributed by atoms with Crippen LogP contribution in [0.25, 0.3) is 10.8 Å². The first-order valence-corrected chi connectivity index (χ1v) is 11.7. The number of β-lactam (4-membered cyclic amide) rings is 1. The van der Waals surface area contributed by atoms with Gasteiger partial charge in [0.15, 0.2) is 5.70 Å². The molecule has 2 aromatic rings. The van der Waals surface area contributed by atoms with E-state index in [2.05, 4.69) is 30.3 Å². The third kappa shape index (κ3) is 3.54. The lowest BCUT2D eigenvalue weighted by Gasteiger charge is -2.43. The van der Waals surface area contributed by atoms with E-state index in [0.717, 1.165) is 11.5 Å². The third-order valence-corrected chi connectivity index (χ3v) is 8.69. The summed E-state index contributed by atoms with van der Waals surface area (Å²) in [5, 5.41) is 21.4. The summed E-state index contributed by atoms with van der Waals surface area (Å²) in [6.07, 6.45) is -0.774. The molecule has 28 heavy (non-hydrogen) atoms. The van der Waals surface area contributed by atoms with Crippen LogP contribution in [0.3, 0.4) is 0 Å². The number of aliphatic hydroxyl groups is 1. The topological polar surface area (TPSA) is 77.8 Å². The van der Waals surface area contributed by atoms with Crippen molar-refractivity contribution in [1.82, 2.24) is 4.90 Å². The molecule has 146 valence electrons. The van der Waals surface area contributed by atoms with Gasteiger partial charge in [-0.1, -0.05) is 42.1 Å². The van der Waals surface area contributed by atoms with Crippen molar-refractivity contribution in [2.45, 2.75) is 23.3 Å². The van der Waals surface area contributed by atoms with Crippen molar-refractivity contribution in [2.24, 2.45) is 5.92 Å². The number of carboxylic acid groups (broad SMARTS) is 1. The van der Waals surface area contributed by atoms with Crippen molar-refractivity contribution in [3.05, 3.63) is 52.4 Å². The Kier molecular flexibility index (Phi) is 5.64. The van der Waals surface area contributed by atoms with Crippen molar-refractivity contribution in [2.75, 3.05) is 11.5 Å². The minimum atomic E-state index is -1.09. The fraction of sp³-hybridized carbons (Fsp3) is 0.300. The zero-order chi connectivity index (χ0) is 19.8. The molecule has 2 aliphatic heterocycles. The average Bonchev–Trinajstić information content (AvgIpc) is 2.99. The number of amides is 1. The molecule has 0 spiro atoms. The van der Waals surface area contributed by atoms with Crippen LogP contribution >= 0.6 is 35.3 Å². The molecule has 8 heteroatoms. The van der Waals surface area contributed by atoms with Crippen LogP contribution in [-0.2, 0) is 9.59 Å². The van der Waals surface area contributed by atoms with Gasteiger partial charge in [0.05, 0.1) is 16.3 Å². The molecule has 2 heterocycles. The van der Waals surface area contributed by atoms with Gasteiger partial charge in [0.1, 0.15) is 5.37 Å². The van der Waals surface area contributed by atoms with E-state index in [1.165, 1.54) is 44.1 Å². The lowest BCUT2D eigenvalue weighted by Crippen LogP contribution is -2.60. The lowest BCUT2D eigenvalue weighted by atomic mass is 9.92. The highest BCUT2D eigenvalue weighted by Gasteiger charge is 2.57. The molecule has 1 saturated heterocycles. The normalized spacial score (nSPS) is 22.4. The van der Waals surface area contributed by atoms with Crippen LogP contribution in [0.5, 0.6) is 0 Å². The number of fused-ring (bicyclic) bond motifs is 2. The Labute approximate surface area is 175 Å². The highest BCUT2D eigenvalue weighted by atomic mass is 32.2. The Bertz CT molecular complexity index is 975. The molecule has 4 rings (SSSR count). The van der Waals surface area contributed by atoms with E-state index >= 15 is 0 Å². The standard InChI is InChI=1S/C20H19NO4S3/c1-11(22)15-17(23)21-16(19(24)25)20(28-18(15)21)27-9-8-26-14-7-6-12-4-2-3-5-13(12)10-14/h2-7,10-11,15,18,22H,8-9H2,1H3,(H,24,25)/t11?,15-,18+/m0/s1. The second-order valence-corrected chi connectivity index (χ2v) is 10.3. The molecule has 5 nitrogen and oxygen atoms in total. The molecule has 0 aliphatic carbocycles. The summed E-state index contributed by atoms with van der Waals surface area (Å²) in [5.41, 5.74) is 0.0672. The molecule has 0 radical (unpaired) electrons. The molecule has 2 N–H and O–H groups in total. The maximum Gasteiger partial charge on any atom is 0.354 e. The van der Waals surface area contributed by atoms with Crippen molar-refractivity contribution < 1.29 is 19.8 Å². The molecule has 3 atom stereocenters. The zero-order valence-corrected chi connectivity index (χ0v) is 17.5. The van der Waals surface area contributed by atoms with Crippen LogP contribution < -0.4 is 0 Å². The molecule has 1 unspecified atom stereocenters. The van der Waals surface area contributed by atoms with E-state index in [4.69, 9.17) is 0 Å². The highest BCUT2D eigenvalue weighted by Crippen LogP contribution is 2.53. The minimum Gasteiger partial charge on any atom is -0.477 e. The molecule has 2 aromatic carbocycles. The number of rotatable bonds is 7. The summed E-state index contributed by atoms with van der Waals surface area (Å²) in [7, 11) is 0. The molecular formula is C20H19NO4S3. The maximum absolute atomic E-state index is 12.2. The van der Waals surface area contributed by atoms with Gasteiger partial charge in [0.25, 0.3) is 0 Å². The summed E-state index contributed by atoms with van der Waals surface area (Å²) < 4.78 is 0.660. The van der Waals surface area contributed by atoms with Gasteiger partial charge in [0.2, 0.25) is 5.91 Å². The Hall–Kier alpha value is -1.61. The van der Waals surface area contributed by atoms with Gasteiger partial charge in [-0.05, 0) is 29.8 Å². The number of carbonyl (C=O) groups excluding carboxylic acids is 1. The van der Waals surface area contributed by atoms with Crippen LogP contribution in [-0.4, -0.2) is 50.0 Å². The average molecular weight is 434 g/mol. The summed E-state index contributed by atoms with van der Waals surface area (Å²) in [6, 6.07) is 14.6. The summed E-state index contributed by atoms with van der Waals surface area (Å²) in [4.78, 5) is 26.4. The highest BCUT2D eigenvalue weighted by molar-refractivity contribution is 8.23. The molecular weight excluding hydrogens is 414 g/mol. The third-order valence-electron chi connectivity index (χ3n) is 4.77. The van der Waals surface area contributed by atoms with E-state index in [1.807, 2.05) is 12.1 Å². The number of benzene rings is 2. The maximum atomic E-state index is 12.2. The number of thioether (sulfide) groups is 3. The van der Waals surface area contributed by atoms with Crippen LogP contribution in [0, 0.1) is 5.92 Å². The Balaban J connectivity index is 1.37. The number of carbonyl (C=O) groups is 2. The minimum absolute atomic E-state index is 0.0672. The Morgan fingerprint density at radius 3 is 2.61 bits per heavy atom. The Morgan fingerprint density at radius 2 is 1.89 bits per heavy atom. The fourth-order valence-corrected chi connectivity index (χ4v) is 7.33. The summed E-state index contributed by atoms with van der Waals surface area (Å²) in [6.45, 7) is 1.58. The van der Waals surface area contributed by atoms with E-state index in [-0.39, 0.29) is 17.0 Å². The first-order valence-electron chi connectivity index (χ1n) is 8.87. The first-order chi connectivity index (χ1) is 13.5. The van der Waals surface area contributed by atoms with Gasteiger partial charge in [-0.15, -0.1) is 23.5 Å². The van der Waals surface area contributed by atoms with Crippen LogP contribution in [0.4, 0.5) is 0 Å². The number of carboxylic acids is 1. The molecule has 0 saturated carbocycles. The predicted octanol–water partition coefficient (Wildman–Crippen LogP) is 3.83. The molecule has 0 bridgehead atoms. The van der Waals surface area contributed by atoms with Crippen molar-refractivity contribution >= 4 is 57.9 Å². The van der Waals surface area contributed by atoms with Gasteiger partial charge in [0, 0.05) is 16.4 Å². The Morgan fingerprint density at radius 1 is 1.18 bits per heavy atom. The SMILES string of the molecule is CC(O)[C@H]1C(=O)N2C(C(=O)O)=C(SCCSc3ccc4ccccc4c3)S[C@H]12. The van der Waals surface area contributed by atoms with E-state index in [1.54, 1.807) is 18.7 Å². The van der Waals surface area contributed by atoms with Crippen LogP contribution in [0.1, 0.15) is 6.92 Å². The van der Waals surface area contributed by atoms with Gasteiger partial charge in [-0.25, -0.2) is 4.79 Å². The van der Waals surface area contributed by atoms with E-state index < -0.39 is 18.0 Å². The van der Waals surface area contributed by atoms with Crippen molar-refractivity contribution in [3.8, 4) is 0 Å². The van der Waals surface area contributed by atoms with Crippen LogP contribution in [0.15, 0.2) is 57.3 Å². The van der Waals surface area contributed by atoms with Gasteiger partial charge in [-0.3, -0.25) is 9.69 Å². The largest absolute Gasteiger partial charge is 0.477 e. The number of aliphatic carboxylic acids is 1. The van der Waals surface area contributed by atoms with Gasteiger partial charge in [-0.2, -0.15) is 0 Å². The van der Waals surface area contributed by atoms with Crippen LogP contribution in [0.2, 0.25) is 0 Å². The fourth-order valence-electron chi connectivity index (χ4n) is 3.40. The van der Waals surface area contributed by atoms with Gasteiger partial charge >= 0.3 is 5.97 Å². The molecule has 1 fully saturated rings. The van der Waals surface area contributed by atoms with E-state index in [9.17, 15) is 19.8 Å². The quantitative estimate of drug-likeness (QED) is 0.390. The number of hydrogen-bond donors (Lipinski definition) is 2. The number of aliphatic hydroxyl groups excluding tert-OH is 1. The monoisotopic (exact) mass is 433 g/mol. The number of hydrogen-bond acceptors (Lipinski definition) is 6. The first kappa shape index (κ1) is 19.7. The van der Waals surface area contributed by atoms with E-state index in [0.29, 0.717) is 4.24 Å². The van der Waals surface area contributed by atoms with Crippen molar-refractivity contribution in [1.29, 1.82) is 0 Å². The van der Waals surface area contributed by atoms with Gasteiger partial charge < -0.3 is 10.2 Å². The zero-order valence-electron chi connectivity index (χ0n) is 15.1. The van der Waals surface area contributed by atoms with Crippen molar-refractivity contribution in [3.63, 3.8) is 0 Å². The molecule has 1 amide bonds. The summed E-state index contributed by atoms with van der Waals surface area (Å²) in [5.74, 6) is -0.337. The summed E-state index contributed by atoms with van der Waals surface area (Å²) >= 11 is 4.59. The molecule has 0 aromatic heterocycles.